The van der Waals surface area contributed by atoms with Gasteiger partial charge in [-0.1, -0.05) is 12.1 Å². The van der Waals surface area contributed by atoms with Gasteiger partial charge in [0.25, 0.3) is 0 Å². The van der Waals surface area contributed by atoms with Crippen LogP contribution in [0, 0.1) is 0 Å². The minimum absolute atomic E-state index is 0.0143. The number of halogens is 3. The number of rotatable bonds is 3. The molecule has 21 heavy (non-hydrogen) atoms. The van der Waals surface area contributed by atoms with Gasteiger partial charge >= 0.3 is 6.18 Å². The first kappa shape index (κ1) is 15.6. The van der Waals surface area contributed by atoms with Gasteiger partial charge in [-0.05, 0) is 39.0 Å². The Balaban J connectivity index is 2.11. The second-order valence-electron chi connectivity index (χ2n) is 5.96. The second-order valence-corrected chi connectivity index (χ2v) is 5.96. The Bertz CT molecular complexity index is 592. The Morgan fingerprint density at radius 1 is 1.10 bits per heavy atom. The lowest BCUT2D eigenvalue weighted by atomic mass is 10.1. The van der Waals surface area contributed by atoms with Crippen LogP contribution in [-0.2, 0) is 12.7 Å². The number of H-pyrrole nitrogens is 1. The molecule has 3 nitrogen and oxygen atoms in total. The molecule has 1 aromatic heterocycles. The number of nitrogens with one attached hydrogen (secondary N) is 2. The minimum Gasteiger partial charge on any atom is -0.306 e. The highest BCUT2D eigenvalue weighted by molar-refractivity contribution is 5.59. The fourth-order valence-corrected chi connectivity index (χ4v) is 1.79. The number of aromatic nitrogens is 2. The van der Waals surface area contributed by atoms with Gasteiger partial charge in [-0.2, -0.15) is 18.3 Å². The summed E-state index contributed by atoms with van der Waals surface area (Å²) in [5, 5.41) is 10.3. The largest absolute Gasteiger partial charge is 0.416 e. The van der Waals surface area contributed by atoms with Crippen LogP contribution in [0.5, 0.6) is 0 Å². The maximum atomic E-state index is 12.5. The standard InChI is InChI=1S/C15H18F3N3/c1-14(2,3)19-9-12-8-13(21-20-12)10-4-6-11(7-5-10)15(16,17)18/h4-8,19H,9H2,1-3H3,(H,20,21). The Morgan fingerprint density at radius 2 is 1.71 bits per heavy atom. The number of nitrogens with zero attached hydrogens (tertiary/aromatic N) is 1. The molecule has 0 saturated heterocycles. The van der Waals surface area contributed by atoms with E-state index >= 15 is 0 Å². The quantitative estimate of drug-likeness (QED) is 0.899. The van der Waals surface area contributed by atoms with Crippen molar-refractivity contribution in [2.75, 3.05) is 0 Å². The van der Waals surface area contributed by atoms with Gasteiger partial charge in [0.2, 0.25) is 0 Å². The van der Waals surface area contributed by atoms with Crippen molar-refractivity contribution in [2.24, 2.45) is 0 Å². The highest BCUT2D eigenvalue weighted by Gasteiger charge is 2.30. The van der Waals surface area contributed by atoms with Crippen LogP contribution in [0.1, 0.15) is 32.0 Å². The number of hydrogen-bond donors (Lipinski definition) is 2. The molecular weight excluding hydrogens is 279 g/mol. The minimum atomic E-state index is -4.31. The Morgan fingerprint density at radius 3 is 2.24 bits per heavy atom. The molecule has 0 aliphatic rings. The van der Waals surface area contributed by atoms with Crippen LogP contribution in [-0.4, -0.2) is 15.7 Å². The highest BCUT2D eigenvalue weighted by Crippen LogP contribution is 2.30. The number of alkyl halides is 3. The lowest BCUT2D eigenvalue weighted by molar-refractivity contribution is -0.137. The summed E-state index contributed by atoms with van der Waals surface area (Å²) < 4.78 is 37.5. The molecule has 0 aliphatic heterocycles. The van der Waals surface area contributed by atoms with Crippen molar-refractivity contribution in [3.8, 4) is 11.3 Å². The molecule has 0 bridgehead atoms. The van der Waals surface area contributed by atoms with E-state index in [1.54, 1.807) is 0 Å². The number of benzene rings is 1. The zero-order valence-corrected chi connectivity index (χ0v) is 12.2. The van der Waals surface area contributed by atoms with Crippen LogP contribution in [0.2, 0.25) is 0 Å². The van der Waals surface area contributed by atoms with E-state index in [1.807, 2.05) is 6.07 Å². The molecule has 1 aromatic carbocycles. The van der Waals surface area contributed by atoms with Crippen molar-refractivity contribution in [2.45, 2.75) is 39.0 Å². The molecule has 2 N–H and O–H groups in total. The summed E-state index contributed by atoms with van der Waals surface area (Å²) >= 11 is 0. The molecule has 0 saturated carbocycles. The van der Waals surface area contributed by atoms with Gasteiger partial charge in [-0.3, -0.25) is 5.10 Å². The van der Waals surface area contributed by atoms with E-state index in [-0.39, 0.29) is 5.54 Å². The lowest BCUT2D eigenvalue weighted by Crippen LogP contribution is -2.35. The molecular formula is C15H18F3N3. The molecule has 0 atom stereocenters. The van der Waals surface area contributed by atoms with Crippen molar-refractivity contribution < 1.29 is 13.2 Å². The molecule has 0 amide bonds. The zero-order valence-electron chi connectivity index (χ0n) is 12.2. The molecule has 2 rings (SSSR count). The highest BCUT2D eigenvalue weighted by atomic mass is 19.4. The van der Waals surface area contributed by atoms with Gasteiger partial charge in [-0.15, -0.1) is 0 Å². The van der Waals surface area contributed by atoms with E-state index in [2.05, 4.69) is 36.3 Å². The second kappa shape index (κ2) is 5.52. The van der Waals surface area contributed by atoms with Gasteiger partial charge < -0.3 is 5.32 Å². The average molecular weight is 297 g/mol. The average Bonchev–Trinajstić information content (AvgIpc) is 2.83. The summed E-state index contributed by atoms with van der Waals surface area (Å²) in [5.74, 6) is 0. The zero-order chi connectivity index (χ0) is 15.7. The summed E-state index contributed by atoms with van der Waals surface area (Å²) in [7, 11) is 0. The van der Waals surface area contributed by atoms with Crippen molar-refractivity contribution in [3.05, 3.63) is 41.6 Å². The maximum Gasteiger partial charge on any atom is 0.416 e. The molecule has 0 radical (unpaired) electrons. The third kappa shape index (κ3) is 4.32. The maximum absolute atomic E-state index is 12.5. The molecule has 0 aliphatic carbocycles. The summed E-state index contributed by atoms with van der Waals surface area (Å²) in [6, 6.07) is 6.83. The monoisotopic (exact) mass is 297 g/mol. The van der Waals surface area contributed by atoms with Gasteiger partial charge in [-0.25, -0.2) is 0 Å². The van der Waals surface area contributed by atoms with Crippen LogP contribution >= 0.6 is 0 Å². The Labute approximate surface area is 121 Å². The molecule has 114 valence electrons. The topological polar surface area (TPSA) is 40.7 Å². The smallest absolute Gasteiger partial charge is 0.306 e. The van der Waals surface area contributed by atoms with E-state index in [1.165, 1.54) is 12.1 Å². The first-order chi connectivity index (χ1) is 9.65. The van der Waals surface area contributed by atoms with E-state index in [0.29, 0.717) is 17.8 Å². The fraction of sp³-hybridized carbons (Fsp3) is 0.400. The number of aromatic amines is 1. The van der Waals surface area contributed by atoms with E-state index in [9.17, 15) is 13.2 Å². The van der Waals surface area contributed by atoms with Crippen molar-refractivity contribution in [1.29, 1.82) is 0 Å². The van der Waals surface area contributed by atoms with E-state index < -0.39 is 11.7 Å². The van der Waals surface area contributed by atoms with Crippen molar-refractivity contribution >= 4 is 0 Å². The lowest BCUT2D eigenvalue weighted by Gasteiger charge is -2.19. The molecule has 6 heteroatoms. The molecule has 2 aromatic rings. The van der Waals surface area contributed by atoms with E-state index in [4.69, 9.17) is 0 Å². The predicted molar refractivity (Wildman–Crippen MR) is 75.6 cm³/mol. The van der Waals surface area contributed by atoms with Gasteiger partial charge in [0.15, 0.2) is 0 Å². The Hall–Kier alpha value is -1.82. The third-order valence-electron chi connectivity index (χ3n) is 2.95. The van der Waals surface area contributed by atoms with Crippen molar-refractivity contribution in [3.63, 3.8) is 0 Å². The van der Waals surface area contributed by atoms with Crippen LogP contribution in [0.15, 0.2) is 30.3 Å². The van der Waals surface area contributed by atoms with Crippen LogP contribution < -0.4 is 5.32 Å². The number of hydrogen-bond acceptors (Lipinski definition) is 2. The SMILES string of the molecule is CC(C)(C)NCc1cc(-c2ccc(C(F)(F)F)cc2)n[nH]1. The third-order valence-corrected chi connectivity index (χ3v) is 2.95. The van der Waals surface area contributed by atoms with Gasteiger partial charge in [0, 0.05) is 23.3 Å². The fourth-order valence-electron chi connectivity index (χ4n) is 1.79. The van der Waals surface area contributed by atoms with Crippen LogP contribution in [0.3, 0.4) is 0 Å². The van der Waals surface area contributed by atoms with Gasteiger partial charge in [0.1, 0.15) is 0 Å². The van der Waals surface area contributed by atoms with Crippen molar-refractivity contribution in [1.82, 2.24) is 15.5 Å². The summed E-state index contributed by atoms with van der Waals surface area (Å²) in [6.07, 6.45) is -4.31. The molecule has 0 spiro atoms. The Kier molecular flexibility index (Phi) is 4.09. The van der Waals surface area contributed by atoms with Gasteiger partial charge in [0.05, 0.1) is 11.3 Å². The van der Waals surface area contributed by atoms with E-state index in [0.717, 1.165) is 17.8 Å². The van der Waals surface area contributed by atoms with Crippen LogP contribution in [0.25, 0.3) is 11.3 Å². The summed E-state index contributed by atoms with van der Waals surface area (Å²) in [4.78, 5) is 0. The first-order valence-corrected chi connectivity index (χ1v) is 6.62. The van der Waals surface area contributed by atoms with Crippen LogP contribution in [0.4, 0.5) is 13.2 Å². The summed E-state index contributed by atoms with van der Waals surface area (Å²) in [5.41, 5.74) is 1.51. The summed E-state index contributed by atoms with van der Waals surface area (Å²) in [6.45, 7) is 6.79. The molecule has 0 fully saturated rings. The normalized spacial score (nSPS) is 12.7. The molecule has 0 unspecified atom stereocenters. The molecule has 1 heterocycles. The first-order valence-electron chi connectivity index (χ1n) is 6.62. The predicted octanol–water partition coefficient (Wildman–Crippen LogP) is 3.98.